The van der Waals surface area contributed by atoms with Crippen LogP contribution in [-0.2, 0) is 4.79 Å². The normalized spacial score (nSPS) is 9.21. The first-order valence-corrected chi connectivity index (χ1v) is 5.06. The number of carbonyl (C=O) groups excluding carboxylic acids is 1. The van der Waals surface area contributed by atoms with E-state index in [4.69, 9.17) is 16.9 Å². The molecule has 0 fully saturated rings. The molecule has 0 aliphatic carbocycles. The van der Waals surface area contributed by atoms with E-state index in [1.54, 1.807) is 18.2 Å². The maximum absolute atomic E-state index is 11.0. The van der Waals surface area contributed by atoms with E-state index in [1.165, 1.54) is 0 Å². The first-order valence-electron chi connectivity index (χ1n) is 3.73. The Kier molecular flexibility index (Phi) is 3.93. The number of halogens is 2. The van der Waals surface area contributed by atoms with Gasteiger partial charge in [-0.1, -0.05) is 6.07 Å². The molecule has 0 aromatic heterocycles. The fourth-order valence-electron chi connectivity index (χ4n) is 0.898. The number of carbonyl (C=O) groups is 1. The van der Waals surface area contributed by atoms with Gasteiger partial charge in [-0.25, -0.2) is 0 Å². The molecule has 1 rings (SSSR count). The predicted octanol–water partition coefficient (Wildman–Crippen LogP) is 2.50. The van der Waals surface area contributed by atoms with Crippen molar-refractivity contribution in [3.05, 3.63) is 28.2 Å². The molecule has 0 aliphatic heterocycles. The highest BCUT2D eigenvalue weighted by Gasteiger charge is 2.07. The van der Waals surface area contributed by atoms with E-state index in [2.05, 4.69) is 21.2 Å². The third kappa shape index (κ3) is 2.47. The summed E-state index contributed by atoms with van der Waals surface area (Å²) in [5.41, 5.74) is 1.02. The highest BCUT2D eigenvalue weighted by atomic mass is 79.9. The van der Waals surface area contributed by atoms with Crippen molar-refractivity contribution < 1.29 is 4.79 Å². The number of benzene rings is 1. The first-order chi connectivity index (χ1) is 6.69. The topological polar surface area (TPSA) is 52.9 Å². The van der Waals surface area contributed by atoms with E-state index in [1.807, 2.05) is 6.07 Å². The van der Waals surface area contributed by atoms with Gasteiger partial charge in [-0.3, -0.25) is 4.79 Å². The molecule has 1 aromatic carbocycles. The lowest BCUT2D eigenvalue weighted by Gasteiger charge is -2.05. The fourth-order valence-corrected chi connectivity index (χ4v) is 1.42. The molecule has 3 nitrogen and oxygen atoms in total. The van der Waals surface area contributed by atoms with Gasteiger partial charge < -0.3 is 5.32 Å². The number of rotatable bonds is 2. The number of nitrogens with zero attached hydrogens (tertiary/aromatic N) is 1. The first kappa shape index (κ1) is 11.0. The van der Waals surface area contributed by atoms with Crippen molar-refractivity contribution in [1.29, 1.82) is 5.26 Å². The monoisotopic (exact) mass is 272 g/mol. The Labute approximate surface area is 94.8 Å². The van der Waals surface area contributed by atoms with Crippen LogP contribution in [0.3, 0.4) is 0 Å². The molecular formula is C9H6BrClN2O. The van der Waals surface area contributed by atoms with Crippen LogP contribution in [0, 0.1) is 11.3 Å². The zero-order valence-electron chi connectivity index (χ0n) is 7.05. The largest absolute Gasteiger partial charge is 0.324 e. The van der Waals surface area contributed by atoms with Crippen molar-refractivity contribution >= 4 is 39.1 Å². The third-order valence-corrected chi connectivity index (χ3v) is 2.61. The number of nitrogens with one attached hydrogen (secondary N) is 1. The third-order valence-electron chi connectivity index (χ3n) is 1.51. The molecule has 14 heavy (non-hydrogen) atoms. The van der Waals surface area contributed by atoms with Gasteiger partial charge in [-0.15, -0.1) is 11.6 Å². The highest BCUT2D eigenvalue weighted by Crippen LogP contribution is 2.25. The summed E-state index contributed by atoms with van der Waals surface area (Å²) in [6.45, 7) is 0. The minimum atomic E-state index is -0.303. The van der Waals surface area contributed by atoms with Crippen LogP contribution in [0.5, 0.6) is 0 Å². The standard InChI is InChI=1S/C9H6BrClN2O/c10-9-6(5-12)2-1-3-7(9)13-8(14)4-11/h1-3H,4H2,(H,13,14). The highest BCUT2D eigenvalue weighted by molar-refractivity contribution is 9.10. The second kappa shape index (κ2) is 4.99. The van der Waals surface area contributed by atoms with Crippen molar-refractivity contribution in [3.8, 4) is 6.07 Å². The average molecular weight is 274 g/mol. The van der Waals surface area contributed by atoms with E-state index < -0.39 is 0 Å². The van der Waals surface area contributed by atoms with Crippen molar-refractivity contribution in [2.45, 2.75) is 0 Å². The molecule has 1 N–H and O–H groups in total. The molecule has 0 radical (unpaired) electrons. The minimum absolute atomic E-state index is 0.108. The number of hydrogen-bond acceptors (Lipinski definition) is 2. The van der Waals surface area contributed by atoms with E-state index in [9.17, 15) is 4.79 Å². The Balaban J connectivity index is 2.99. The van der Waals surface area contributed by atoms with Crippen LogP contribution in [-0.4, -0.2) is 11.8 Å². The van der Waals surface area contributed by atoms with Gasteiger partial charge in [0.2, 0.25) is 5.91 Å². The summed E-state index contributed by atoms with van der Waals surface area (Å²) < 4.78 is 0.570. The average Bonchev–Trinajstić information content (AvgIpc) is 2.21. The lowest BCUT2D eigenvalue weighted by Crippen LogP contribution is -2.13. The molecule has 0 saturated carbocycles. The van der Waals surface area contributed by atoms with Gasteiger partial charge in [0.1, 0.15) is 11.9 Å². The van der Waals surface area contributed by atoms with Gasteiger partial charge in [0, 0.05) is 0 Å². The Morgan fingerprint density at radius 3 is 2.93 bits per heavy atom. The van der Waals surface area contributed by atoms with Crippen LogP contribution in [0.1, 0.15) is 5.56 Å². The van der Waals surface area contributed by atoms with Crippen molar-refractivity contribution in [3.63, 3.8) is 0 Å². The Bertz CT molecular complexity index is 400. The number of nitriles is 1. The molecule has 0 aliphatic rings. The molecule has 1 aromatic rings. The molecule has 1 amide bonds. The number of hydrogen-bond donors (Lipinski definition) is 1. The zero-order chi connectivity index (χ0) is 10.6. The fraction of sp³-hybridized carbons (Fsp3) is 0.111. The number of amides is 1. The van der Waals surface area contributed by atoms with Crippen LogP contribution in [0.2, 0.25) is 0 Å². The predicted molar refractivity (Wildman–Crippen MR) is 58.2 cm³/mol. The lowest BCUT2D eigenvalue weighted by molar-refractivity contribution is -0.113. The number of anilines is 1. The van der Waals surface area contributed by atoms with Gasteiger partial charge in [0.05, 0.1) is 15.7 Å². The minimum Gasteiger partial charge on any atom is -0.324 e. The van der Waals surface area contributed by atoms with Crippen LogP contribution in [0.25, 0.3) is 0 Å². The van der Waals surface area contributed by atoms with Crippen molar-refractivity contribution in [2.24, 2.45) is 0 Å². The molecular weight excluding hydrogens is 267 g/mol. The van der Waals surface area contributed by atoms with E-state index in [0.29, 0.717) is 15.7 Å². The van der Waals surface area contributed by atoms with Crippen molar-refractivity contribution in [1.82, 2.24) is 0 Å². The Hall–Kier alpha value is -1.05. The smallest absolute Gasteiger partial charge is 0.239 e. The van der Waals surface area contributed by atoms with Crippen LogP contribution in [0.4, 0.5) is 5.69 Å². The van der Waals surface area contributed by atoms with Gasteiger partial charge >= 0.3 is 0 Å². The summed E-state index contributed by atoms with van der Waals surface area (Å²) in [6, 6.07) is 7.03. The maximum Gasteiger partial charge on any atom is 0.239 e. The quantitative estimate of drug-likeness (QED) is 0.842. The number of alkyl halides is 1. The van der Waals surface area contributed by atoms with Crippen LogP contribution >= 0.6 is 27.5 Å². The Morgan fingerprint density at radius 2 is 2.36 bits per heavy atom. The van der Waals surface area contributed by atoms with Gasteiger partial charge in [0.25, 0.3) is 0 Å². The molecule has 0 heterocycles. The molecule has 0 unspecified atom stereocenters. The molecule has 5 heteroatoms. The second-order valence-corrected chi connectivity index (χ2v) is 3.52. The zero-order valence-corrected chi connectivity index (χ0v) is 9.39. The van der Waals surface area contributed by atoms with E-state index in [-0.39, 0.29) is 11.8 Å². The van der Waals surface area contributed by atoms with Gasteiger partial charge in [-0.05, 0) is 28.1 Å². The van der Waals surface area contributed by atoms with Crippen LogP contribution in [0.15, 0.2) is 22.7 Å². The maximum atomic E-state index is 11.0. The summed E-state index contributed by atoms with van der Waals surface area (Å²) >= 11 is 8.55. The summed E-state index contributed by atoms with van der Waals surface area (Å²) in [5.74, 6) is -0.411. The molecule has 0 bridgehead atoms. The van der Waals surface area contributed by atoms with Gasteiger partial charge in [0.15, 0.2) is 0 Å². The molecule has 0 atom stereocenters. The van der Waals surface area contributed by atoms with E-state index >= 15 is 0 Å². The summed E-state index contributed by atoms with van der Waals surface area (Å²) in [4.78, 5) is 11.0. The Morgan fingerprint density at radius 1 is 1.64 bits per heavy atom. The SMILES string of the molecule is N#Cc1cccc(NC(=O)CCl)c1Br. The summed E-state index contributed by atoms with van der Waals surface area (Å²) in [7, 11) is 0. The van der Waals surface area contributed by atoms with Gasteiger partial charge in [-0.2, -0.15) is 5.26 Å². The summed E-state index contributed by atoms with van der Waals surface area (Å²) in [6.07, 6.45) is 0. The molecule has 0 spiro atoms. The van der Waals surface area contributed by atoms with Crippen molar-refractivity contribution in [2.75, 3.05) is 11.2 Å². The summed E-state index contributed by atoms with van der Waals surface area (Å²) in [5, 5.41) is 11.3. The molecule has 72 valence electrons. The second-order valence-electron chi connectivity index (χ2n) is 2.46. The van der Waals surface area contributed by atoms with Crippen LogP contribution < -0.4 is 5.32 Å². The lowest BCUT2D eigenvalue weighted by atomic mass is 10.2. The molecule has 0 saturated heterocycles. The van der Waals surface area contributed by atoms with E-state index in [0.717, 1.165) is 0 Å².